The minimum atomic E-state index is -0.151. The number of amides is 1. The van der Waals surface area contributed by atoms with Gasteiger partial charge < -0.3 is 14.8 Å². The second-order valence-corrected chi connectivity index (χ2v) is 7.97. The molecule has 0 atom stereocenters. The molecule has 0 unspecified atom stereocenters. The predicted octanol–water partition coefficient (Wildman–Crippen LogP) is 3.48. The van der Waals surface area contributed by atoms with Crippen LogP contribution in [0.2, 0.25) is 0 Å². The number of carbonyl (C=O) groups is 1. The van der Waals surface area contributed by atoms with Crippen LogP contribution in [0, 0.1) is 0 Å². The third-order valence-electron chi connectivity index (χ3n) is 3.26. The molecular weight excluding hydrogens is 516 g/mol. The van der Waals surface area contributed by atoms with Gasteiger partial charge in [0.15, 0.2) is 0 Å². The molecule has 0 saturated carbocycles. The van der Waals surface area contributed by atoms with E-state index in [0.717, 1.165) is 5.56 Å². The summed E-state index contributed by atoms with van der Waals surface area (Å²) < 4.78 is 6.24. The van der Waals surface area contributed by atoms with Gasteiger partial charge in [-0.05, 0) is 61.7 Å². The van der Waals surface area contributed by atoms with E-state index < -0.39 is 0 Å². The van der Waals surface area contributed by atoms with Gasteiger partial charge in [-0.25, -0.2) is 10.5 Å². The van der Waals surface area contributed by atoms with Gasteiger partial charge in [0.2, 0.25) is 17.0 Å². The van der Waals surface area contributed by atoms with E-state index in [9.17, 15) is 9.90 Å². The number of anilines is 1. The Morgan fingerprint density at radius 3 is 2.89 bits per heavy atom. The summed E-state index contributed by atoms with van der Waals surface area (Å²) >= 11 is 7.71. The number of phenolic OH excluding ortho intramolecular Hbond substituents is 1. The van der Waals surface area contributed by atoms with Crippen LogP contribution < -0.4 is 10.7 Å². The first-order chi connectivity index (χ1) is 13.5. The zero-order valence-electron chi connectivity index (χ0n) is 14.1. The maximum absolute atomic E-state index is 11.8. The molecule has 2 heterocycles. The first-order valence-electron chi connectivity index (χ1n) is 7.82. The first kappa shape index (κ1) is 20.4. The van der Waals surface area contributed by atoms with E-state index in [-0.39, 0.29) is 17.4 Å². The number of rotatable bonds is 8. The van der Waals surface area contributed by atoms with Gasteiger partial charge in [0.1, 0.15) is 11.5 Å². The van der Waals surface area contributed by atoms with Gasteiger partial charge in [-0.1, -0.05) is 11.8 Å². The minimum absolute atomic E-state index is 0.121. The molecule has 4 N–H and O–H groups in total. The zero-order valence-corrected chi connectivity index (χ0v) is 18.1. The maximum Gasteiger partial charge on any atom is 0.240 e. The average Bonchev–Trinajstić information content (AvgIpc) is 3.34. The zero-order chi connectivity index (χ0) is 19.9. The molecule has 0 aliphatic rings. The molecule has 0 spiro atoms. The molecule has 0 saturated heterocycles. The van der Waals surface area contributed by atoms with Crippen molar-refractivity contribution in [2.24, 2.45) is 5.10 Å². The highest BCUT2D eigenvalue weighted by Gasteiger charge is 2.08. The number of benzene rings is 1. The van der Waals surface area contributed by atoms with Crippen molar-refractivity contribution in [2.45, 2.75) is 11.7 Å². The predicted molar refractivity (Wildman–Crippen MR) is 112 cm³/mol. The Balaban J connectivity index is 1.45. The van der Waals surface area contributed by atoms with Gasteiger partial charge in [0.05, 0.1) is 33.7 Å². The van der Waals surface area contributed by atoms with Crippen molar-refractivity contribution in [1.82, 2.24) is 20.5 Å². The van der Waals surface area contributed by atoms with Gasteiger partial charge in [-0.3, -0.25) is 4.79 Å². The Bertz CT molecular complexity index is 954. The number of hydrogen-bond acceptors (Lipinski definition) is 8. The van der Waals surface area contributed by atoms with Crippen molar-refractivity contribution in [2.75, 3.05) is 11.2 Å². The molecule has 0 aliphatic carbocycles. The van der Waals surface area contributed by atoms with Crippen LogP contribution in [0.3, 0.4) is 0 Å². The number of aromatic hydroxyl groups is 1. The van der Waals surface area contributed by atoms with Crippen LogP contribution in [0.5, 0.6) is 5.75 Å². The minimum Gasteiger partial charge on any atom is -0.506 e. The summed E-state index contributed by atoms with van der Waals surface area (Å²) in [5.74, 6) is 1.17. The lowest BCUT2D eigenvalue weighted by Crippen LogP contribution is -2.24. The van der Waals surface area contributed by atoms with E-state index in [0.29, 0.717) is 32.4 Å². The van der Waals surface area contributed by atoms with Crippen molar-refractivity contribution >= 4 is 61.7 Å². The van der Waals surface area contributed by atoms with Gasteiger partial charge in [-0.15, -0.1) is 5.10 Å². The highest BCUT2D eigenvalue weighted by atomic mass is 79.9. The summed E-state index contributed by atoms with van der Waals surface area (Å²) in [6.45, 7) is 0.339. The number of aromatic amines is 1. The number of carbonyl (C=O) groups excluding carboxylic acids is 1. The summed E-state index contributed by atoms with van der Waals surface area (Å²) in [6.07, 6.45) is 3.12. The van der Waals surface area contributed by atoms with Gasteiger partial charge >= 0.3 is 0 Å². The van der Waals surface area contributed by atoms with E-state index in [1.165, 1.54) is 11.8 Å². The normalized spacial score (nSPS) is 11.1. The van der Waals surface area contributed by atoms with Crippen LogP contribution >= 0.6 is 43.6 Å². The van der Waals surface area contributed by atoms with Crippen molar-refractivity contribution in [1.29, 1.82) is 0 Å². The number of aromatic nitrogens is 3. The van der Waals surface area contributed by atoms with Crippen LogP contribution in [-0.4, -0.2) is 38.2 Å². The van der Waals surface area contributed by atoms with Gasteiger partial charge in [0, 0.05) is 0 Å². The summed E-state index contributed by atoms with van der Waals surface area (Å²) in [6, 6.07) is 6.99. The standard InChI is InChI=1S/C16H14Br2N6O3S/c17-11-4-9(5-12(18)14(11)26)6-20-22-15-21-16(24-23-15)28-8-13(25)19-7-10-2-1-3-27-10/h1-6,26H,7-8H2,(H,19,25)(H2,21,22,23,24)/b20-6+. The fraction of sp³-hybridized carbons (Fsp3) is 0.125. The van der Waals surface area contributed by atoms with E-state index in [1.54, 1.807) is 36.7 Å². The van der Waals surface area contributed by atoms with Crippen molar-refractivity contribution in [3.05, 3.63) is 50.8 Å². The van der Waals surface area contributed by atoms with Gasteiger partial charge in [-0.2, -0.15) is 10.1 Å². The average molecular weight is 530 g/mol. The third-order valence-corrected chi connectivity index (χ3v) is 5.32. The van der Waals surface area contributed by atoms with Crippen LogP contribution in [0.25, 0.3) is 0 Å². The summed E-state index contributed by atoms with van der Waals surface area (Å²) in [5.41, 5.74) is 3.48. The Hall–Kier alpha value is -2.31. The molecule has 146 valence electrons. The van der Waals surface area contributed by atoms with E-state index >= 15 is 0 Å². The molecule has 3 aromatic rings. The Morgan fingerprint density at radius 1 is 1.39 bits per heavy atom. The van der Waals surface area contributed by atoms with E-state index in [4.69, 9.17) is 4.42 Å². The molecule has 2 aromatic heterocycles. The smallest absolute Gasteiger partial charge is 0.240 e. The monoisotopic (exact) mass is 528 g/mol. The number of H-pyrrole nitrogens is 1. The van der Waals surface area contributed by atoms with Gasteiger partial charge in [0.25, 0.3) is 0 Å². The molecule has 0 aliphatic heterocycles. The second kappa shape index (κ2) is 9.75. The molecule has 0 fully saturated rings. The maximum atomic E-state index is 11.8. The van der Waals surface area contributed by atoms with E-state index in [2.05, 4.69) is 62.9 Å². The number of nitrogens with zero attached hydrogens (tertiary/aromatic N) is 3. The Labute approximate surface area is 180 Å². The second-order valence-electron chi connectivity index (χ2n) is 5.31. The SMILES string of the molecule is O=C(CSc1n[nH]c(N/N=C/c2cc(Br)c(O)c(Br)c2)n1)NCc1ccco1. The van der Waals surface area contributed by atoms with E-state index in [1.807, 2.05) is 0 Å². The first-order valence-corrected chi connectivity index (χ1v) is 10.4. The molecule has 0 bridgehead atoms. The Morgan fingerprint density at radius 2 is 2.18 bits per heavy atom. The molecule has 0 radical (unpaired) electrons. The van der Waals surface area contributed by atoms with Crippen LogP contribution in [0.15, 0.2) is 54.1 Å². The number of nitrogens with one attached hydrogen (secondary N) is 3. The van der Waals surface area contributed by atoms with Crippen LogP contribution in [0.4, 0.5) is 5.95 Å². The van der Waals surface area contributed by atoms with Crippen molar-refractivity contribution in [3.8, 4) is 5.75 Å². The lowest BCUT2D eigenvalue weighted by Gasteiger charge is -2.01. The molecule has 9 nitrogen and oxygen atoms in total. The number of furan rings is 1. The lowest BCUT2D eigenvalue weighted by molar-refractivity contribution is -0.118. The number of hydrazone groups is 1. The number of halogens is 2. The highest BCUT2D eigenvalue weighted by Crippen LogP contribution is 2.32. The molecule has 1 amide bonds. The van der Waals surface area contributed by atoms with Crippen LogP contribution in [0.1, 0.15) is 11.3 Å². The highest BCUT2D eigenvalue weighted by molar-refractivity contribution is 9.11. The summed E-state index contributed by atoms with van der Waals surface area (Å²) in [4.78, 5) is 16.0. The molecule has 3 rings (SSSR count). The topological polar surface area (TPSA) is 128 Å². The Kier molecular flexibility index (Phi) is 7.12. The van der Waals surface area contributed by atoms with Crippen LogP contribution in [-0.2, 0) is 11.3 Å². The summed E-state index contributed by atoms with van der Waals surface area (Å²) in [5, 5.41) is 23.6. The fourth-order valence-corrected chi connectivity index (χ4v) is 3.82. The van der Waals surface area contributed by atoms with Crippen molar-refractivity contribution in [3.63, 3.8) is 0 Å². The summed E-state index contributed by atoms with van der Waals surface area (Å²) in [7, 11) is 0. The third kappa shape index (κ3) is 5.84. The molecule has 28 heavy (non-hydrogen) atoms. The van der Waals surface area contributed by atoms with Crippen molar-refractivity contribution < 1.29 is 14.3 Å². The number of thioether (sulfide) groups is 1. The number of hydrogen-bond donors (Lipinski definition) is 4. The molecule has 1 aromatic carbocycles. The fourth-order valence-electron chi connectivity index (χ4n) is 1.97. The largest absolute Gasteiger partial charge is 0.506 e. The molecule has 12 heteroatoms. The molecular formula is C16H14Br2N6O3S. The lowest BCUT2D eigenvalue weighted by atomic mass is 10.2. The quantitative estimate of drug-likeness (QED) is 0.200. The number of phenols is 1.